The van der Waals surface area contributed by atoms with E-state index < -0.39 is 5.97 Å². The van der Waals surface area contributed by atoms with Crippen molar-refractivity contribution in [2.24, 2.45) is 0 Å². The van der Waals surface area contributed by atoms with Crippen LogP contribution in [-0.2, 0) is 17.6 Å². The lowest BCUT2D eigenvalue weighted by Gasteiger charge is -2.23. The molecule has 1 saturated heterocycles. The molecule has 1 aromatic carbocycles. The topological polar surface area (TPSA) is 40.5 Å². The second kappa shape index (κ2) is 6.01. The number of rotatable bonds is 5. The number of aryl methyl sites for hydroxylation is 1. The fourth-order valence-corrected chi connectivity index (χ4v) is 2.56. The minimum absolute atomic E-state index is 0.361. The maximum atomic E-state index is 11.4. The Morgan fingerprint density at radius 3 is 2.28 bits per heavy atom. The first-order valence-electron chi connectivity index (χ1n) is 6.75. The number of hydrogen-bond donors (Lipinski definition) is 1. The average Bonchev–Trinajstić information content (AvgIpc) is 2.90. The third kappa shape index (κ3) is 3.10. The van der Waals surface area contributed by atoms with Crippen LogP contribution in [0.25, 0.3) is 0 Å². The molecule has 1 heterocycles. The average molecular weight is 247 g/mol. The molecule has 0 radical (unpaired) electrons. The van der Waals surface area contributed by atoms with E-state index in [1.54, 1.807) is 0 Å². The van der Waals surface area contributed by atoms with Gasteiger partial charge in [-0.05, 0) is 49.9 Å². The first kappa shape index (κ1) is 13.1. The number of aliphatic carboxylic acids is 1. The van der Waals surface area contributed by atoms with Crippen molar-refractivity contribution in [3.05, 3.63) is 35.4 Å². The van der Waals surface area contributed by atoms with Crippen LogP contribution in [0.4, 0.5) is 0 Å². The van der Waals surface area contributed by atoms with Crippen LogP contribution in [-0.4, -0.2) is 35.1 Å². The molecule has 0 aliphatic carbocycles. The van der Waals surface area contributed by atoms with E-state index >= 15 is 0 Å². The normalized spacial score (nSPS) is 17.8. The maximum Gasteiger partial charge on any atom is 0.321 e. The van der Waals surface area contributed by atoms with E-state index in [0.717, 1.165) is 37.9 Å². The van der Waals surface area contributed by atoms with Gasteiger partial charge in [-0.1, -0.05) is 31.2 Å². The molecule has 1 atom stereocenters. The van der Waals surface area contributed by atoms with Crippen molar-refractivity contribution >= 4 is 5.97 Å². The summed E-state index contributed by atoms with van der Waals surface area (Å²) in [5, 5.41) is 9.35. The predicted octanol–water partition coefficient (Wildman–Crippen LogP) is 2.34. The van der Waals surface area contributed by atoms with Gasteiger partial charge in [0.25, 0.3) is 0 Å². The molecule has 0 unspecified atom stereocenters. The van der Waals surface area contributed by atoms with Crippen LogP contribution in [0.2, 0.25) is 0 Å². The first-order valence-corrected chi connectivity index (χ1v) is 6.75. The molecule has 1 aliphatic rings. The van der Waals surface area contributed by atoms with Crippen molar-refractivity contribution in [1.29, 1.82) is 0 Å². The Hall–Kier alpha value is -1.35. The Labute approximate surface area is 108 Å². The van der Waals surface area contributed by atoms with Crippen molar-refractivity contribution < 1.29 is 9.90 Å². The van der Waals surface area contributed by atoms with Gasteiger partial charge in [-0.3, -0.25) is 9.69 Å². The van der Waals surface area contributed by atoms with Crippen LogP contribution < -0.4 is 0 Å². The summed E-state index contributed by atoms with van der Waals surface area (Å²) >= 11 is 0. The summed E-state index contributed by atoms with van der Waals surface area (Å²) in [6.45, 7) is 3.97. The van der Waals surface area contributed by atoms with Gasteiger partial charge in [0.15, 0.2) is 0 Å². The van der Waals surface area contributed by atoms with Gasteiger partial charge in [-0.25, -0.2) is 0 Å². The molecule has 0 amide bonds. The molecular formula is C15H21NO2. The zero-order valence-corrected chi connectivity index (χ0v) is 10.9. The summed E-state index contributed by atoms with van der Waals surface area (Å²) in [4.78, 5) is 13.5. The fourth-order valence-electron chi connectivity index (χ4n) is 2.56. The minimum atomic E-state index is -0.698. The molecule has 3 heteroatoms. The number of carboxylic acid groups (broad SMARTS) is 1. The lowest BCUT2D eigenvalue weighted by molar-refractivity contribution is -0.142. The minimum Gasteiger partial charge on any atom is -0.480 e. The second-order valence-corrected chi connectivity index (χ2v) is 4.97. The summed E-state index contributed by atoms with van der Waals surface area (Å²) in [5.41, 5.74) is 2.42. The number of benzene rings is 1. The van der Waals surface area contributed by atoms with E-state index in [2.05, 4.69) is 36.1 Å². The Kier molecular flexibility index (Phi) is 4.37. The summed E-state index contributed by atoms with van der Waals surface area (Å²) in [7, 11) is 0. The first-order chi connectivity index (χ1) is 8.70. The highest BCUT2D eigenvalue weighted by Crippen LogP contribution is 2.16. The van der Waals surface area contributed by atoms with Crippen LogP contribution in [0.5, 0.6) is 0 Å². The van der Waals surface area contributed by atoms with Crippen LogP contribution in [0.15, 0.2) is 24.3 Å². The molecule has 0 saturated carbocycles. The predicted molar refractivity (Wildman–Crippen MR) is 71.8 cm³/mol. The van der Waals surface area contributed by atoms with Crippen LogP contribution in [0.1, 0.15) is 30.9 Å². The number of nitrogens with zero attached hydrogens (tertiary/aromatic N) is 1. The Balaban J connectivity index is 2.05. The second-order valence-electron chi connectivity index (χ2n) is 4.97. The fraction of sp³-hybridized carbons (Fsp3) is 0.533. The summed E-state index contributed by atoms with van der Waals surface area (Å²) in [6, 6.07) is 7.95. The van der Waals surface area contributed by atoms with Gasteiger partial charge < -0.3 is 5.11 Å². The molecule has 98 valence electrons. The van der Waals surface area contributed by atoms with Crippen molar-refractivity contribution in [3.63, 3.8) is 0 Å². The quantitative estimate of drug-likeness (QED) is 0.868. The molecular weight excluding hydrogens is 226 g/mol. The highest BCUT2D eigenvalue weighted by Gasteiger charge is 2.27. The maximum absolute atomic E-state index is 11.4. The largest absolute Gasteiger partial charge is 0.480 e. The Bertz CT molecular complexity index is 393. The Morgan fingerprint density at radius 2 is 1.78 bits per heavy atom. The zero-order chi connectivity index (χ0) is 13.0. The molecule has 0 bridgehead atoms. The monoisotopic (exact) mass is 247 g/mol. The molecule has 3 nitrogen and oxygen atoms in total. The van der Waals surface area contributed by atoms with E-state index in [1.165, 1.54) is 5.56 Å². The van der Waals surface area contributed by atoms with Crippen molar-refractivity contribution in [3.8, 4) is 0 Å². The number of likely N-dealkylation sites (tertiary alicyclic amines) is 1. The molecule has 1 fully saturated rings. The van der Waals surface area contributed by atoms with Crippen LogP contribution in [0, 0.1) is 0 Å². The third-order valence-corrected chi connectivity index (χ3v) is 3.73. The highest BCUT2D eigenvalue weighted by molar-refractivity contribution is 5.74. The Morgan fingerprint density at radius 1 is 1.22 bits per heavy atom. The summed E-state index contributed by atoms with van der Waals surface area (Å²) < 4.78 is 0. The van der Waals surface area contributed by atoms with Crippen molar-refractivity contribution in [2.45, 2.75) is 38.6 Å². The number of carboxylic acids is 1. The van der Waals surface area contributed by atoms with Gasteiger partial charge in [0.2, 0.25) is 0 Å². The van der Waals surface area contributed by atoms with Crippen molar-refractivity contribution in [1.82, 2.24) is 4.90 Å². The molecule has 1 aromatic rings. The van der Waals surface area contributed by atoms with E-state index in [0.29, 0.717) is 6.42 Å². The molecule has 0 spiro atoms. The SMILES string of the molecule is CCc1ccc(C[C@@H](C(=O)O)N2CCCC2)cc1. The number of carbonyl (C=O) groups is 1. The van der Waals surface area contributed by atoms with Gasteiger partial charge in [-0.2, -0.15) is 0 Å². The molecule has 1 aliphatic heterocycles. The number of hydrogen-bond acceptors (Lipinski definition) is 2. The molecule has 18 heavy (non-hydrogen) atoms. The standard InChI is InChI=1S/C15H21NO2/c1-2-12-5-7-13(8-6-12)11-14(15(17)18)16-9-3-4-10-16/h5-8,14H,2-4,9-11H2,1H3,(H,17,18)/t14-/m0/s1. The summed E-state index contributed by atoms with van der Waals surface area (Å²) in [5.74, 6) is -0.698. The smallest absolute Gasteiger partial charge is 0.321 e. The molecule has 2 rings (SSSR count). The van der Waals surface area contributed by atoms with E-state index in [9.17, 15) is 9.90 Å². The van der Waals surface area contributed by atoms with Crippen LogP contribution >= 0.6 is 0 Å². The highest BCUT2D eigenvalue weighted by atomic mass is 16.4. The van der Waals surface area contributed by atoms with Gasteiger partial charge in [0.1, 0.15) is 6.04 Å². The van der Waals surface area contributed by atoms with Gasteiger partial charge in [-0.15, -0.1) is 0 Å². The van der Waals surface area contributed by atoms with Crippen molar-refractivity contribution in [2.75, 3.05) is 13.1 Å². The van der Waals surface area contributed by atoms with Gasteiger partial charge >= 0.3 is 5.97 Å². The van der Waals surface area contributed by atoms with E-state index in [1.807, 2.05) is 0 Å². The van der Waals surface area contributed by atoms with E-state index in [-0.39, 0.29) is 6.04 Å². The van der Waals surface area contributed by atoms with E-state index in [4.69, 9.17) is 0 Å². The van der Waals surface area contributed by atoms with Crippen LogP contribution in [0.3, 0.4) is 0 Å². The third-order valence-electron chi connectivity index (χ3n) is 3.73. The lowest BCUT2D eigenvalue weighted by atomic mass is 10.0. The van der Waals surface area contributed by atoms with Gasteiger partial charge in [0.05, 0.1) is 0 Å². The summed E-state index contributed by atoms with van der Waals surface area (Å²) in [6.07, 6.45) is 3.88. The molecule has 0 aromatic heterocycles. The lowest BCUT2D eigenvalue weighted by Crippen LogP contribution is -2.40. The van der Waals surface area contributed by atoms with Gasteiger partial charge in [0, 0.05) is 0 Å². The molecule has 1 N–H and O–H groups in total. The zero-order valence-electron chi connectivity index (χ0n) is 10.9.